The molecule has 0 aliphatic carbocycles. The smallest absolute Gasteiger partial charge is 0.0921 e. The van der Waals surface area contributed by atoms with Gasteiger partial charge in [0.15, 0.2) is 0 Å². The summed E-state index contributed by atoms with van der Waals surface area (Å²) in [5, 5.41) is 14.3. The van der Waals surface area contributed by atoms with E-state index >= 15 is 0 Å². The number of rotatable bonds is 2. The molecule has 2 nitrogen and oxygen atoms in total. The average molecular weight is 198 g/mol. The van der Waals surface area contributed by atoms with E-state index in [1.807, 2.05) is 5.38 Å². The largest absolute Gasteiger partial charge is 0.387 e. The third-order valence-electron chi connectivity index (χ3n) is 2.41. The molecule has 2 heterocycles. The summed E-state index contributed by atoms with van der Waals surface area (Å²) in [6.07, 6.45) is 2.57. The van der Waals surface area contributed by atoms with E-state index in [-0.39, 0.29) is 0 Å². The Balaban J connectivity index is 1.99. The van der Waals surface area contributed by atoms with Gasteiger partial charge in [-0.2, -0.15) is 11.3 Å². The van der Waals surface area contributed by atoms with Crippen molar-refractivity contribution in [3.8, 4) is 0 Å². The van der Waals surface area contributed by atoms with E-state index in [0.29, 0.717) is 6.61 Å². The topological polar surface area (TPSA) is 29.5 Å². The normalized spacial score (nSPS) is 29.0. The molecule has 0 spiro atoms. The highest BCUT2D eigenvalue weighted by Gasteiger charge is 2.30. The summed E-state index contributed by atoms with van der Waals surface area (Å²) in [4.78, 5) is 0. The summed E-state index contributed by atoms with van der Waals surface area (Å²) < 4.78 is 5.29. The molecule has 0 aromatic carbocycles. The standard InChI is InChI=1S/C10H14O2S/c11-10(3-1-4-12-8-10)6-9-2-5-13-7-9/h2,5,7,11H,1,3-4,6,8H2. The Kier molecular flexibility index (Phi) is 2.67. The van der Waals surface area contributed by atoms with Crippen LogP contribution >= 0.6 is 11.3 Å². The third kappa shape index (κ3) is 2.30. The van der Waals surface area contributed by atoms with Crippen molar-refractivity contribution in [2.24, 2.45) is 0 Å². The van der Waals surface area contributed by atoms with Gasteiger partial charge in [-0.15, -0.1) is 0 Å². The Hall–Kier alpha value is -0.380. The van der Waals surface area contributed by atoms with Gasteiger partial charge in [-0.25, -0.2) is 0 Å². The van der Waals surface area contributed by atoms with Crippen molar-refractivity contribution in [2.45, 2.75) is 24.9 Å². The van der Waals surface area contributed by atoms with Crippen molar-refractivity contribution in [1.82, 2.24) is 0 Å². The second-order valence-electron chi connectivity index (χ2n) is 3.69. The van der Waals surface area contributed by atoms with Crippen LogP contribution in [-0.4, -0.2) is 23.9 Å². The summed E-state index contributed by atoms with van der Waals surface area (Å²) in [7, 11) is 0. The van der Waals surface area contributed by atoms with Gasteiger partial charge < -0.3 is 9.84 Å². The molecular weight excluding hydrogens is 184 g/mol. The van der Waals surface area contributed by atoms with Crippen molar-refractivity contribution >= 4 is 11.3 Å². The van der Waals surface area contributed by atoms with E-state index in [1.165, 1.54) is 5.56 Å². The summed E-state index contributed by atoms with van der Waals surface area (Å²) in [5.41, 5.74) is 0.609. The van der Waals surface area contributed by atoms with Crippen LogP contribution in [0.3, 0.4) is 0 Å². The monoisotopic (exact) mass is 198 g/mol. The Labute approximate surface area is 82.2 Å². The van der Waals surface area contributed by atoms with E-state index in [1.54, 1.807) is 11.3 Å². The molecule has 1 aliphatic heterocycles. The first-order valence-electron chi connectivity index (χ1n) is 4.60. The Morgan fingerprint density at radius 2 is 2.54 bits per heavy atom. The van der Waals surface area contributed by atoms with E-state index < -0.39 is 5.60 Å². The molecule has 1 fully saturated rings. The number of hydrogen-bond acceptors (Lipinski definition) is 3. The first kappa shape index (κ1) is 9.19. The van der Waals surface area contributed by atoms with Crippen LogP contribution in [0.1, 0.15) is 18.4 Å². The second kappa shape index (κ2) is 3.78. The van der Waals surface area contributed by atoms with E-state index in [0.717, 1.165) is 25.9 Å². The fourth-order valence-corrected chi connectivity index (χ4v) is 2.42. The Bertz CT molecular complexity index is 250. The fraction of sp³-hybridized carbons (Fsp3) is 0.600. The Morgan fingerprint density at radius 1 is 1.62 bits per heavy atom. The van der Waals surface area contributed by atoms with Crippen molar-refractivity contribution in [3.05, 3.63) is 22.4 Å². The molecule has 2 rings (SSSR count). The molecule has 1 N–H and O–H groups in total. The highest BCUT2D eigenvalue weighted by atomic mass is 32.1. The van der Waals surface area contributed by atoms with Crippen LogP contribution in [0.4, 0.5) is 0 Å². The SMILES string of the molecule is OC1(Cc2ccsc2)CCCOC1. The first-order valence-corrected chi connectivity index (χ1v) is 5.54. The first-order chi connectivity index (χ1) is 6.29. The zero-order valence-corrected chi connectivity index (χ0v) is 8.35. The zero-order valence-electron chi connectivity index (χ0n) is 7.53. The molecule has 72 valence electrons. The maximum atomic E-state index is 10.1. The van der Waals surface area contributed by atoms with Crippen LogP contribution in [0.5, 0.6) is 0 Å². The van der Waals surface area contributed by atoms with Gasteiger partial charge in [-0.3, -0.25) is 0 Å². The lowest BCUT2D eigenvalue weighted by molar-refractivity contribution is -0.0844. The van der Waals surface area contributed by atoms with Gasteiger partial charge in [0.2, 0.25) is 0 Å². The minimum atomic E-state index is -0.612. The van der Waals surface area contributed by atoms with Crippen molar-refractivity contribution in [3.63, 3.8) is 0 Å². The van der Waals surface area contributed by atoms with Crippen LogP contribution in [-0.2, 0) is 11.2 Å². The number of ether oxygens (including phenoxy) is 1. The highest BCUT2D eigenvalue weighted by molar-refractivity contribution is 7.07. The summed E-state index contributed by atoms with van der Waals surface area (Å²) in [5.74, 6) is 0. The maximum Gasteiger partial charge on any atom is 0.0921 e. The fourth-order valence-electron chi connectivity index (χ4n) is 1.75. The zero-order chi connectivity index (χ0) is 9.15. The molecule has 0 bridgehead atoms. The molecule has 1 unspecified atom stereocenters. The average Bonchev–Trinajstić information content (AvgIpc) is 2.57. The van der Waals surface area contributed by atoms with Crippen LogP contribution in [0.15, 0.2) is 16.8 Å². The molecule has 1 aromatic rings. The summed E-state index contributed by atoms with van der Waals surface area (Å²) in [6, 6.07) is 2.07. The predicted octanol–water partition coefficient (Wildman–Crippen LogP) is 1.83. The molecule has 0 amide bonds. The molecule has 1 aromatic heterocycles. The number of thiophene rings is 1. The third-order valence-corrected chi connectivity index (χ3v) is 3.15. The van der Waals surface area contributed by atoms with Gasteiger partial charge >= 0.3 is 0 Å². The van der Waals surface area contributed by atoms with Crippen LogP contribution in [0.25, 0.3) is 0 Å². The van der Waals surface area contributed by atoms with E-state index in [9.17, 15) is 5.11 Å². The molecule has 1 aliphatic rings. The van der Waals surface area contributed by atoms with Crippen molar-refractivity contribution < 1.29 is 9.84 Å². The van der Waals surface area contributed by atoms with Gasteiger partial charge in [0.1, 0.15) is 0 Å². The van der Waals surface area contributed by atoms with Gasteiger partial charge in [-0.1, -0.05) is 0 Å². The lowest BCUT2D eigenvalue weighted by atomic mass is 9.90. The Morgan fingerprint density at radius 3 is 3.15 bits per heavy atom. The molecule has 1 saturated heterocycles. The maximum absolute atomic E-state index is 10.1. The summed E-state index contributed by atoms with van der Waals surface area (Å²) in [6.45, 7) is 1.29. The molecule has 0 saturated carbocycles. The predicted molar refractivity (Wildman–Crippen MR) is 53.0 cm³/mol. The van der Waals surface area contributed by atoms with Gasteiger partial charge in [0.05, 0.1) is 12.2 Å². The van der Waals surface area contributed by atoms with Gasteiger partial charge in [0.25, 0.3) is 0 Å². The van der Waals surface area contributed by atoms with Crippen molar-refractivity contribution in [1.29, 1.82) is 0 Å². The number of hydrogen-bond donors (Lipinski definition) is 1. The minimum Gasteiger partial charge on any atom is -0.387 e. The van der Waals surface area contributed by atoms with Crippen molar-refractivity contribution in [2.75, 3.05) is 13.2 Å². The second-order valence-corrected chi connectivity index (χ2v) is 4.47. The molecule has 13 heavy (non-hydrogen) atoms. The molecular formula is C10H14O2S. The molecule has 3 heteroatoms. The van der Waals surface area contributed by atoms with Crippen LogP contribution < -0.4 is 0 Å². The van der Waals surface area contributed by atoms with Gasteiger partial charge in [-0.05, 0) is 35.2 Å². The lowest BCUT2D eigenvalue weighted by Crippen LogP contribution is -2.40. The molecule has 1 atom stereocenters. The van der Waals surface area contributed by atoms with Crippen LogP contribution in [0, 0.1) is 0 Å². The van der Waals surface area contributed by atoms with Gasteiger partial charge in [0, 0.05) is 13.0 Å². The highest BCUT2D eigenvalue weighted by Crippen LogP contribution is 2.24. The summed E-state index contributed by atoms with van der Waals surface area (Å²) >= 11 is 1.67. The van der Waals surface area contributed by atoms with Crippen LogP contribution in [0.2, 0.25) is 0 Å². The lowest BCUT2D eigenvalue weighted by Gasteiger charge is -2.31. The quantitative estimate of drug-likeness (QED) is 0.785. The molecule has 0 radical (unpaired) electrons. The van der Waals surface area contributed by atoms with E-state index in [4.69, 9.17) is 4.74 Å². The number of aliphatic hydroxyl groups is 1. The van der Waals surface area contributed by atoms with E-state index in [2.05, 4.69) is 11.4 Å². The minimum absolute atomic E-state index is 0.489.